The summed E-state index contributed by atoms with van der Waals surface area (Å²) in [6, 6.07) is 11.7. The fourth-order valence-electron chi connectivity index (χ4n) is 3.73. The Balaban J connectivity index is 2.50. The fourth-order valence-corrected chi connectivity index (χ4v) is 4.80. The molecule has 0 aliphatic heterocycles. The number of hydrogen-bond donors (Lipinski definition) is 1. The van der Waals surface area contributed by atoms with E-state index in [1.165, 1.54) is 4.90 Å². The molecule has 9 heteroatoms. The number of amides is 2. The molecule has 0 aliphatic rings. The van der Waals surface area contributed by atoms with Gasteiger partial charge >= 0.3 is 0 Å². The minimum Gasteiger partial charge on any atom is -0.352 e. The van der Waals surface area contributed by atoms with E-state index in [-0.39, 0.29) is 18.5 Å². The number of nitrogens with zero attached hydrogens (tertiary/aromatic N) is 2. The molecule has 2 aromatic carbocycles. The van der Waals surface area contributed by atoms with Crippen molar-refractivity contribution in [3.63, 3.8) is 0 Å². The summed E-state index contributed by atoms with van der Waals surface area (Å²) in [4.78, 5) is 28.2. The number of sulfonamides is 1. The van der Waals surface area contributed by atoms with E-state index in [9.17, 15) is 18.0 Å². The molecule has 0 saturated heterocycles. The van der Waals surface area contributed by atoms with Crippen LogP contribution in [0.15, 0.2) is 42.5 Å². The van der Waals surface area contributed by atoms with E-state index in [2.05, 4.69) is 5.32 Å². The summed E-state index contributed by atoms with van der Waals surface area (Å²) in [5.74, 6) is -0.747. The van der Waals surface area contributed by atoms with Crippen LogP contribution in [0.4, 0.5) is 5.69 Å². The van der Waals surface area contributed by atoms with Crippen LogP contribution in [0.2, 0.25) is 5.02 Å². The molecule has 0 radical (unpaired) electrons. The number of carbonyl (C=O) groups excluding carboxylic acids is 2. The average molecular weight is 508 g/mol. The van der Waals surface area contributed by atoms with Gasteiger partial charge in [-0.1, -0.05) is 48.9 Å². The Labute approximate surface area is 208 Å². The lowest BCUT2D eigenvalue weighted by Crippen LogP contribution is -2.53. The number of carbonyl (C=O) groups is 2. The first-order valence-corrected chi connectivity index (χ1v) is 13.5. The average Bonchev–Trinajstić information content (AvgIpc) is 2.74. The highest BCUT2D eigenvalue weighted by atomic mass is 35.5. The Kier molecular flexibility index (Phi) is 9.53. The molecule has 2 rings (SSSR count). The highest BCUT2D eigenvalue weighted by molar-refractivity contribution is 7.92. The van der Waals surface area contributed by atoms with Crippen LogP contribution in [0, 0.1) is 13.8 Å². The first kappa shape index (κ1) is 27.7. The normalized spacial score (nSPS) is 12.4. The summed E-state index contributed by atoms with van der Waals surface area (Å²) < 4.78 is 26.5. The van der Waals surface area contributed by atoms with Gasteiger partial charge in [-0.25, -0.2) is 8.42 Å². The number of benzene rings is 2. The monoisotopic (exact) mass is 507 g/mol. The van der Waals surface area contributed by atoms with Gasteiger partial charge in [0.15, 0.2) is 0 Å². The maximum Gasteiger partial charge on any atom is 0.244 e. The lowest BCUT2D eigenvalue weighted by atomic mass is 10.1. The molecule has 0 heterocycles. The lowest BCUT2D eigenvalue weighted by molar-refractivity contribution is -0.140. The van der Waals surface area contributed by atoms with E-state index in [1.807, 2.05) is 52.0 Å². The van der Waals surface area contributed by atoms with Crippen LogP contribution in [-0.2, 0) is 26.2 Å². The highest BCUT2D eigenvalue weighted by Crippen LogP contribution is 2.28. The van der Waals surface area contributed by atoms with Crippen molar-refractivity contribution in [2.24, 2.45) is 0 Å². The van der Waals surface area contributed by atoms with Crippen molar-refractivity contribution in [2.45, 2.75) is 59.7 Å². The predicted molar refractivity (Wildman–Crippen MR) is 137 cm³/mol. The molecule has 186 valence electrons. The maximum atomic E-state index is 13.7. The maximum absolute atomic E-state index is 13.7. The van der Waals surface area contributed by atoms with E-state index in [4.69, 9.17) is 11.6 Å². The molecule has 1 N–H and O–H groups in total. The number of hydrogen-bond acceptors (Lipinski definition) is 4. The van der Waals surface area contributed by atoms with Crippen LogP contribution in [0.5, 0.6) is 0 Å². The third-order valence-electron chi connectivity index (χ3n) is 5.61. The van der Waals surface area contributed by atoms with Gasteiger partial charge in [-0.15, -0.1) is 0 Å². The summed E-state index contributed by atoms with van der Waals surface area (Å²) in [6.07, 6.45) is 1.43. The van der Waals surface area contributed by atoms with Gasteiger partial charge < -0.3 is 10.2 Å². The van der Waals surface area contributed by atoms with Gasteiger partial charge in [-0.05, 0) is 62.9 Å². The molecule has 0 bridgehead atoms. The third kappa shape index (κ3) is 6.96. The minimum atomic E-state index is -3.81. The molecule has 0 spiro atoms. The van der Waals surface area contributed by atoms with Crippen molar-refractivity contribution in [1.82, 2.24) is 10.2 Å². The second-order valence-electron chi connectivity index (χ2n) is 8.69. The first-order valence-electron chi connectivity index (χ1n) is 11.2. The van der Waals surface area contributed by atoms with Crippen molar-refractivity contribution in [2.75, 3.05) is 17.1 Å². The highest BCUT2D eigenvalue weighted by Gasteiger charge is 2.32. The quantitative estimate of drug-likeness (QED) is 0.525. The van der Waals surface area contributed by atoms with E-state index in [0.29, 0.717) is 22.7 Å². The summed E-state index contributed by atoms with van der Waals surface area (Å²) in [7, 11) is -3.81. The predicted octanol–water partition coefficient (Wildman–Crippen LogP) is 4.05. The molecule has 0 aliphatic carbocycles. The van der Waals surface area contributed by atoms with Gasteiger partial charge in [-0.3, -0.25) is 13.9 Å². The van der Waals surface area contributed by atoms with Crippen LogP contribution in [0.1, 0.15) is 43.9 Å². The van der Waals surface area contributed by atoms with Crippen LogP contribution in [0.3, 0.4) is 0 Å². The minimum absolute atomic E-state index is 0.0985. The molecule has 7 nitrogen and oxygen atoms in total. The lowest BCUT2D eigenvalue weighted by Gasteiger charge is -2.33. The SMILES string of the molecule is CC[C@@H](C(=O)NC(C)C)N(Cc1ccccc1C)C(=O)CN(c1cccc(Cl)c1C)S(C)(=O)=O. The molecule has 0 fully saturated rings. The zero-order valence-electron chi connectivity index (χ0n) is 20.6. The standard InChI is InChI=1S/C25H34ClN3O4S/c1-7-22(25(31)27-17(2)3)28(15-20-12-9-8-11-18(20)4)24(30)16-29(34(6,32)33)23-14-10-13-21(26)19(23)5/h8-14,17,22H,7,15-16H2,1-6H3,(H,27,31)/t22-/m0/s1. The zero-order chi connectivity index (χ0) is 25.6. The molecule has 0 aromatic heterocycles. The number of rotatable bonds is 10. The Morgan fingerprint density at radius 3 is 2.26 bits per heavy atom. The van der Waals surface area contributed by atoms with Gasteiger partial charge in [0.2, 0.25) is 21.8 Å². The number of aryl methyl sites for hydroxylation is 1. The summed E-state index contributed by atoms with van der Waals surface area (Å²) in [5.41, 5.74) is 2.75. The Morgan fingerprint density at radius 2 is 1.71 bits per heavy atom. The molecule has 1 atom stereocenters. The topological polar surface area (TPSA) is 86.8 Å². The van der Waals surface area contributed by atoms with Crippen LogP contribution in [-0.4, -0.2) is 50.0 Å². The van der Waals surface area contributed by atoms with Crippen LogP contribution >= 0.6 is 11.6 Å². The molecule has 0 unspecified atom stereocenters. The van der Waals surface area contributed by atoms with Crippen LogP contribution in [0.25, 0.3) is 0 Å². The van der Waals surface area contributed by atoms with Gasteiger partial charge in [-0.2, -0.15) is 0 Å². The van der Waals surface area contributed by atoms with Gasteiger partial charge in [0, 0.05) is 17.6 Å². The number of halogens is 1. The van der Waals surface area contributed by atoms with E-state index in [1.54, 1.807) is 25.1 Å². The molecule has 34 heavy (non-hydrogen) atoms. The van der Waals surface area contributed by atoms with Crippen molar-refractivity contribution in [1.29, 1.82) is 0 Å². The number of anilines is 1. The van der Waals surface area contributed by atoms with Gasteiger partial charge in [0.25, 0.3) is 0 Å². The van der Waals surface area contributed by atoms with Crippen molar-refractivity contribution in [3.05, 3.63) is 64.2 Å². The second-order valence-corrected chi connectivity index (χ2v) is 11.0. The van der Waals surface area contributed by atoms with E-state index in [0.717, 1.165) is 21.7 Å². The van der Waals surface area contributed by atoms with E-state index < -0.39 is 28.5 Å². The van der Waals surface area contributed by atoms with Gasteiger partial charge in [0.05, 0.1) is 11.9 Å². The Bertz CT molecular complexity index is 1130. The summed E-state index contributed by atoms with van der Waals surface area (Å²) in [6.45, 7) is 8.91. The molecule has 2 aromatic rings. The number of nitrogens with one attached hydrogen (secondary N) is 1. The molecular weight excluding hydrogens is 474 g/mol. The Hall–Kier alpha value is -2.58. The van der Waals surface area contributed by atoms with Crippen molar-refractivity contribution >= 4 is 39.1 Å². The smallest absolute Gasteiger partial charge is 0.244 e. The van der Waals surface area contributed by atoms with Crippen LogP contribution < -0.4 is 9.62 Å². The summed E-state index contributed by atoms with van der Waals surface area (Å²) in [5, 5.41) is 3.28. The molecular formula is C25H34ClN3O4S. The molecule has 0 saturated carbocycles. The van der Waals surface area contributed by atoms with E-state index >= 15 is 0 Å². The fraction of sp³-hybridized carbons (Fsp3) is 0.440. The Morgan fingerprint density at radius 1 is 1.06 bits per heavy atom. The largest absolute Gasteiger partial charge is 0.352 e. The third-order valence-corrected chi connectivity index (χ3v) is 7.14. The van der Waals surface area contributed by atoms with Crippen molar-refractivity contribution < 1.29 is 18.0 Å². The summed E-state index contributed by atoms with van der Waals surface area (Å²) >= 11 is 6.22. The first-order chi connectivity index (χ1) is 15.9. The molecule has 2 amide bonds. The second kappa shape index (κ2) is 11.7. The van der Waals surface area contributed by atoms with Gasteiger partial charge in [0.1, 0.15) is 12.6 Å². The zero-order valence-corrected chi connectivity index (χ0v) is 22.2. The van der Waals surface area contributed by atoms with Crippen molar-refractivity contribution in [3.8, 4) is 0 Å².